The Morgan fingerprint density at radius 1 is 1.29 bits per heavy atom. The van der Waals surface area contributed by atoms with Crippen LogP contribution in [0.15, 0.2) is 28.7 Å². The van der Waals surface area contributed by atoms with E-state index in [4.69, 9.17) is 4.74 Å². The number of carboxylic acid groups (broad SMARTS) is 1. The molecular weight excluding hydrogens is 338 g/mol. The van der Waals surface area contributed by atoms with Crippen LogP contribution in [0.1, 0.15) is 17.9 Å². The number of carbonyl (C=O) groups excluding carboxylic acids is 1. The van der Waals surface area contributed by atoms with Gasteiger partial charge in [-0.15, -0.1) is 0 Å². The molecule has 0 spiro atoms. The molecule has 0 aromatic heterocycles. The Hall–Kier alpha value is -1.40. The first-order valence-electron chi connectivity index (χ1n) is 6.94. The van der Waals surface area contributed by atoms with E-state index in [0.717, 1.165) is 16.5 Å². The van der Waals surface area contributed by atoms with Crippen molar-refractivity contribution in [3.63, 3.8) is 0 Å². The number of carbonyl (C=O) groups is 2. The Bertz CT molecular complexity index is 559. The van der Waals surface area contributed by atoms with Crippen LogP contribution in [-0.4, -0.2) is 47.7 Å². The average Bonchev–Trinajstić information content (AvgIpc) is 3.27. The molecule has 0 bridgehead atoms. The van der Waals surface area contributed by atoms with Crippen molar-refractivity contribution in [2.75, 3.05) is 19.8 Å². The summed E-state index contributed by atoms with van der Waals surface area (Å²) in [6, 6.07) is 7.09. The zero-order valence-electron chi connectivity index (χ0n) is 11.4. The number of hydrogen-bond acceptors (Lipinski definition) is 3. The molecule has 3 atom stereocenters. The van der Waals surface area contributed by atoms with Crippen LogP contribution in [0.2, 0.25) is 0 Å². The van der Waals surface area contributed by atoms with Crippen LogP contribution in [0, 0.1) is 5.92 Å². The van der Waals surface area contributed by atoms with Crippen molar-refractivity contribution >= 4 is 27.8 Å². The van der Waals surface area contributed by atoms with Gasteiger partial charge in [-0.1, -0.05) is 28.1 Å². The molecule has 1 amide bonds. The number of rotatable bonds is 3. The molecule has 112 valence electrons. The number of carboxylic acids is 1. The second-order valence-corrected chi connectivity index (χ2v) is 6.38. The third kappa shape index (κ3) is 2.96. The van der Waals surface area contributed by atoms with Crippen molar-refractivity contribution in [1.82, 2.24) is 4.90 Å². The number of halogens is 1. The lowest BCUT2D eigenvalue weighted by Crippen LogP contribution is -2.53. The second-order valence-electron chi connectivity index (χ2n) is 5.46. The lowest BCUT2D eigenvalue weighted by Gasteiger charge is -2.33. The number of nitrogens with zero attached hydrogens (tertiary/aromatic N) is 1. The molecular formula is C15H16BrNO4. The Labute approximate surface area is 131 Å². The summed E-state index contributed by atoms with van der Waals surface area (Å²) in [6.45, 7) is 0.849. The number of benzene rings is 1. The zero-order valence-corrected chi connectivity index (χ0v) is 13.0. The highest BCUT2D eigenvalue weighted by molar-refractivity contribution is 9.10. The van der Waals surface area contributed by atoms with Crippen molar-refractivity contribution in [2.45, 2.75) is 18.4 Å². The number of morpholine rings is 1. The van der Waals surface area contributed by atoms with E-state index >= 15 is 0 Å². The van der Waals surface area contributed by atoms with Gasteiger partial charge in [-0.25, -0.2) is 4.79 Å². The Balaban J connectivity index is 1.69. The van der Waals surface area contributed by atoms with Crippen molar-refractivity contribution in [2.24, 2.45) is 5.92 Å². The van der Waals surface area contributed by atoms with Crippen LogP contribution in [-0.2, 0) is 14.3 Å². The van der Waals surface area contributed by atoms with Crippen molar-refractivity contribution in [1.29, 1.82) is 0 Å². The minimum atomic E-state index is -0.996. The van der Waals surface area contributed by atoms with Crippen LogP contribution in [0.4, 0.5) is 0 Å². The number of amides is 1. The van der Waals surface area contributed by atoms with Crippen LogP contribution < -0.4 is 0 Å². The molecule has 1 saturated carbocycles. The van der Waals surface area contributed by atoms with E-state index in [1.807, 2.05) is 24.3 Å². The highest BCUT2D eigenvalue weighted by Crippen LogP contribution is 2.48. The van der Waals surface area contributed by atoms with Crippen LogP contribution >= 0.6 is 15.9 Å². The van der Waals surface area contributed by atoms with Crippen molar-refractivity contribution in [3.05, 3.63) is 34.3 Å². The first-order valence-corrected chi connectivity index (χ1v) is 7.73. The van der Waals surface area contributed by atoms with Gasteiger partial charge in [0.2, 0.25) is 5.91 Å². The summed E-state index contributed by atoms with van der Waals surface area (Å²) in [5.74, 6) is -0.934. The molecule has 1 aliphatic carbocycles. The van der Waals surface area contributed by atoms with E-state index in [1.54, 1.807) is 0 Å². The summed E-state index contributed by atoms with van der Waals surface area (Å²) < 4.78 is 6.18. The molecule has 1 N–H and O–H groups in total. The molecule has 1 saturated heterocycles. The maximum atomic E-state index is 12.5. The molecule has 6 heteroatoms. The van der Waals surface area contributed by atoms with Gasteiger partial charge in [0.15, 0.2) is 6.04 Å². The van der Waals surface area contributed by atoms with Gasteiger partial charge in [0, 0.05) is 16.9 Å². The minimum absolute atomic E-state index is 0.0568. The van der Waals surface area contributed by atoms with Gasteiger partial charge in [0.25, 0.3) is 0 Å². The summed E-state index contributed by atoms with van der Waals surface area (Å²) in [7, 11) is 0. The number of ether oxygens (including phenoxy) is 1. The van der Waals surface area contributed by atoms with Gasteiger partial charge in [0.05, 0.1) is 13.2 Å². The van der Waals surface area contributed by atoms with Gasteiger partial charge in [-0.05, 0) is 30.0 Å². The van der Waals surface area contributed by atoms with E-state index in [-0.39, 0.29) is 24.3 Å². The zero-order chi connectivity index (χ0) is 15.0. The first kappa shape index (κ1) is 14.5. The molecule has 21 heavy (non-hydrogen) atoms. The predicted molar refractivity (Wildman–Crippen MR) is 78.9 cm³/mol. The van der Waals surface area contributed by atoms with E-state index in [2.05, 4.69) is 15.9 Å². The highest BCUT2D eigenvalue weighted by Gasteiger charge is 2.48. The van der Waals surface area contributed by atoms with E-state index in [1.165, 1.54) is 4.90 Å². The van der Waals surface area contributed by atoms with E-state index in [9.17, 15) is 14.7 Å². The maximum Gasteiger partial charge on any atom is 0.328 e. The largest absolute Gasteiger partial charge is 0.480 e. The SMILES string of the molecule is O=C(O)[C@@H]1COCCN1C(=O)[C@H]1C[C@@H]1c1ccc(Br)cc1. The number of aliphatic carboxylic acids is 1. The van der Waals surface area contributed by atoms with Gasteiger partial charge < -0.3 is 14.7 Å². The molecule has 5 nitrogen and oxygen atoms in total. The molecule has 1 aromatic carbocycles. The number of hydrogen-bond donors (Lipinski definition) is 1. The fourth-order valence-corrected chi connectivity index (χ4v) is 3.10. The summed E-state index contributed by atoms with van der Waals surface area (Å²) in [5, 5.41) is 9.19. The Morgan fingerprint density at radius 3 is 2.67 bits per heavy atom. The second kappa shape index (κ2) is 5.77. The van der Waals surface area contributed by atoms with E-state index < -0.39 is 12.0 Å². The molecule has 1 heterocycles. The molecule has 1 aromatic rings. The van der Waals surface area contributed by atoms with E-state index in [0.29, 0.717) is 13.2 Å². The standard InChI is InChI=1S/C15H16BrNO4/c16-10-3-1-9(2-4-10)11-7-12(11)14(18)17-5-6-21-8-13(17)15(19)20/h1-4,11-13H,5-8H2,(H,19,20)/t11-,12+,13+/m1/s1. The first-order chi connectivity index (χ1) is 10.1. The normalized spacial score (nSPS) is 28.2. The summed E-state index contributed by atoms with van der Waals surface area (Å²) in [6.07, 6.45) is 0.796. The Morgan fingerprint density at radius 2 is 2.00 bits per heavy atom. The van der Waals surface area contributed by atoms with Gasteiger partial charge >= 0.3 is 5.97 Å². The van der Waals surface area contributed by atoms with Crippen molar-refractivity contribution in [3.8, 4) is 0 Å². The monoisotopic (exact) mass is 353 g/mol. The molecule has 3 rings (SSSR count). The summed E-state index contributed by atoms with van der Waals surface area (Å²) >= 11 is 3.39. The van der Waals surface area contributed by atoms with Gasteiger partial charge in [-0.2, -0.15) is 0 Å². The van der Waals surface area contributed by atoms with Crippen LogP contribution in [0.25, 0.3) is 0 Å². The quantitative estimate of drug-likeness (QED) is 0.900. The lowest BCUT2D eigenvalue weighted by atomic mass is 10.1. The molecule has 2 aliphatic rings. The van der Waals surface area contributed by atoms with Crippen molar-refractivity contribution < 1.29 is 19.4 Å². The summed E-state index contributed by atoms with van der Waals surface area (Å²) in [5.41, 5.74) is 1.14. The van der Waals surface area contributed by atoms with Gasteiger partial charge in [0.1, 0.15) is 0 Å². The highest BCUT2D eigenvalue weighted by atomic mass is 79.9. The topological polar surface area (TPSA) is 66.8 Å². The maximum absolute atomic E-state index is 12.5. The minimum Gasteiger partial charge on any atom is -0.480 e. The van der Waals surface area contributed by atoms with Gasteiger partial charge in [-0.3, -0.25) is 4.79 Å². The third-order valence-corrected chi connectivity index (χ3v) is 4.63. The van der Waals surface area contributed by atoms with Crippen LogP contribution in [0.5, 0.6) is 0 Å². The predicted octanol–water partition coefficient (Wildman–Crippen LogP) is 1.86. The summed E-state index contributed by atoms with van der Waals surface area (Å²) in [4.78, 5) is 25.2. The molecule has 0 unspecified atom stereocenters. The average molecular weight is 354 g/mol. The third-order valence-electron chi connectivity index (χ3n) is 4.10. The molecule has 1 aliphatic heterocycles. The fourth-order valence-electron chi connectivity index (χ4n) is 2.83. The fraction of sp³-hybridized carbons (Fsp3) is 0.467. The molecule has 2 fully saturated rings. The lowest BCUT2D eigenvalue weighted by molar-refractivity contribution is -0.158. The smallest absolute Gasteiger partial charge is 0.328 e. The molecule has 0 radical (unpaired) electrons. The Kier molecular flexibility index (Phi) is 3.99. The van der Waals surface area contributed by atoms with Crippen LogP contribution in [0.3, 0.4) is 0 Å².